The molecule has 0 fully saturated rings. The number of hydrogen-bond acceptors (Lipinski definition) is 3. The van der Waals surface area contributed by atoms with Gasteiger partial charge in [0, 0.05) is 53.8 Å². The maximum Gasteiger partial charge on any atom is 0.137 e. The van der Waals surface area contributed by atoms with Crippen LogP contribution in [0, 0.1) is 5.82 Å². The Morgan fingerprint density at radius 3 is 2.02 bits per heavy atom. The normalized spacial score (nSPS) is 11.9. The molecule has 9 rings (SSSR count). The third-order valence-corrected chi connectivity index (χ3v) is 9.40. The largest absolute Gasteiger partial charge is 0.456 e. The number of para-hydroxylation sites is 1. The van der Waals surface area contributed by atoms with Crippen molar-refractivity contribution in [3.63, 3.8) is 0 Å². The minimum absolute atomic E-state index is 0.261. The molecular weight excluding hydrogens is 537 g/mol. The minimum Gasteiger partial charge on any atom is -0.456 e. The van der Waals surface area contributed by atoms with Crippen LogP contribution in [0.3, 0.4) is 0 Å². The van der Waals surface area contributed by atoms with E-state index in [2.05, 4.69) is 95.9 Å². The summed E-state index contributed by atoms with van der Waals surface area (Å²) >= 11 is 1.82. The summed E-state index contributed by atoms with van der Waals surface area (Å²) in [6, 6.07) is 45.2. The van der Waals surface area contributed by atoms with Gasteiger partial charge in [-0.05, 0) is 70.8 Å². The Kier molecular flexibility index (Phi) is 4.98. The number of anilines is 3. The van der Waals surface area contributed by atoms with Crippen LogP contribution in [-0.4, -0.2) is 0 Å². The number of fused-ring (bicyclic) bond motifs is 10. The zero-order valence-electron chi connectivity index (χ0n) is 22.3. The molecule has 7 aromatic carbocycles. The van der Waals surface area contributed by atoms with Gasteiger partial charge in [0.05, 0.1) is 5.69 Å². The fraction of sp³-hybridized carbons (Fsp3) is 0. The van der Waals surface area contributed by atoms with Gasteiger partial charge in [-0.15, -0.1) is 11.3 Å². The Morgan fingerprint density at radius 2 is 1.17 bits per heavy atom. The summed E-state index contributed by atoms with van der Waals surface area (Å²) < 4.78 is 22.9. The smallest absolute Gasteiger partial charge is 0.137 e. The van der Waals surface area contributed by atoms with E-state index in [4.69, 9.17) is 4.42 Å². The summed E-state index contributed by atoms with van der Waals surface area (Å²) in [5.74, 6) is -0.261. The van der Waals surface area contributed by atoms with Crippen molar-refractivity contribution in [2.75, 3.05) is 4.90 Å². The molecule has 0 radical (unpaired) electrons. The molecule has 0 bridgehead atoms. The Labute approximate surface area is 244 Å². The molecule has 0 amide bonds. The maximum atomic E-state index is 14.2. The first-order chi connectivity index (χ1) is 20.7. The molecule has 9 aromatic rings. The van der Waals surface area contributed by atoms with Gasteiger partial charge in [0.15, 0.2) is 0 Å². The molecule has 198 valence electrons. The molecule has 0 spiro atoms. The number of thiophene rings is 1. The van der Waals surface area contributed by atoms with Crippen LogP contribution in [0.1, 0.15) is 0 Å². The minimum atomic E-state index is -0.261. The molecule has 42 heavy (non-hydrogen) atoms. The maximum absolute atomic E-state index is 14.2. The first-order valence-electron chi connectivity index (χ1n) is 14.0. The van der Waals surface area contributed by atoms with Gasteiger partial charge in [0.2, 0.25) is 0 Å². The van der Waals surface area contributed by atoms with Gasteiger partial charge in [0.1, 0.15) is 17.0 Å². The van der Waals surface area contributed by atoms with Crippen molar-refractivity contribution in [2.24, 2.45) is 0 Å². The monoisotopic (exact) mass is 559 g/mol. The summed E-state index contributed by atoms with van der Waals surface area (Å²) in [4.78, 5) is 2.22. The zero-order chi connectivity index (χ0) is 27.8. The molecule has 4 heteroatoms. The lowest BCUT2D eigenvalue weighted by molar-refractivity contribution is 0.628. The van der Waals surface area contributed by atoms with E-state index in [9.17, 15) is 4.39 Å². The average molecular weight is 560 g/mol. The molecule has 0 atom stereocenters. The number of halogens is 1. The van der Waals surface area contributed by atoms with E-state index < -0.39 is 0 Å². The molecule has 0 aliphatic rings. The van der Waals surface area contributed by atoms with Crippen LogP contribution >= 0.6 is 11.3 Å². The number of nitrogens with zero attached hydrogens (tertiary/aromatic N) is 1. The summed E-state index contributed by atoms with van der Waals surface area (Å²) in [5.41, 5.74) is 4.55. The van der Waals surface area contributed by atoms with Gasteiger partial charge in [-0.3, -0.25) is 0 Å². The number of hydrogen-bond donors (Lipinski definition) is 0. The Morgan fingerprint density at radius 1 is 0.500 bits per heavy atom. The highest BCUT2D eigenvalue weighted by Crippen LogP contribution is 2.48. The second-order valence-electron chi connectivity index (χ2n) is 10.7. The van der Waals surface area contributed by atoms with Crippen LogP contribution in [0.2, 0.25) is 0 Å². The van der Waals surface area contributed by atoms with Crippen LogP contribution in [0.15, 0.2) is 138 Å². The highest BCUT2D eigenvalue weighted by molar-refractivity contribution is 7.26. The molecule has 0 saturated heterocycles. The first kappa shape index (κ1) is 23.5. The molecular formula is C38H22FNOS. The first-order valence-corrected chi connectivity index (χ1v) is 14.8. The molecule has 2 aromatic heterocycles. The third-order valence-electron chi connectivity index (χ3n) is 8.29. The van der Waals surface area contributed by atoms with Crippen LogP contribution < -0.4 is 4.90 Å². The fourth-order valence-corrected chi connectivity index (χ4v) is 7.61. The van der Waals surface area contributed by atoms with E-state index in [1.54, 1.807) is 0 Å². The lowest BCUT2D eigenvalue weighted by atomic mass is 9.98. The van der Waals surface area contributed by atoms with Crippen molar-refractivity contribution in [2.45, 2.75) is 0 Å². The van der Waals surface area contributed by atoms with E-state index in [0.717, 1.165) is 44.4 Å². The lowest BCUT2D eigenvalue weighted by Gasteiger charge is -2.27. The predicted molar refractivity (Wildman–Crippen MR) is 176 cm³/mol. The fourth-order valence-electron chi connectivity index (χ4n) is 6.44. The van der Waals surface area contributed by atoms with Gasteiger partial charge >= 0.3 is 0 Å². The number of furan rings is 1. The second kappa shape index (κ2) is 8.90. The summed E-state index contributed by atoms with van der Waals surface area (Å²) in [6.07, 6.45) is 0. The quantitative estimate of drug-likeness (QED) is 0.214. The van der Waals surface area contributed by atoms with E-state index in [1.165, 1.54) is 48.5 Å². The summed E-state index contributed by atoms with van der Waals surface area (Å²) in [6.45, 7) is 0. The molecule has 0 aliphatic carbocycles. The second-order valence-corrected chi connectivity index (χ2v) is 11.8. The van der Waals surface area contributed by atoms with Gasteiger partial charge in [-0.25, -0.2) is 4.39 Å². The zero-order valence-corrected chi connectivity index (χ0v) is 23.2. The molecule has 0 N–H and O–H groups in total. The van der Waals surface area contributed by atoms with E-state index in [0.29, 0.717) is 0 Å². The van der Waals surface area contributed by atoms with Crippen molar-refractivity contribution < 1.29 is 8.81 Å². The average Bonchev–Trinajstić information content (AvgIpc) is 3.60. The molecule has 2 nitrogen and oxygen atoms in total. The van der Waals surface area contributed by atoms with E-state index in [1.807, 2.05) is 41.7 Å². The Bertz CT molecular complexity index is 2490. The number of benzene rings is 7. The van der Waals surface area contributed by atoms with Crippen LogP contribution in [0.4, 0.5) is 21.5 Å². The molecule has 0 saturated carbocycles. The highest BCUT2D eigenvalue weighted by Gasteiger charge is 2.21. The van der Waals surface area contributed by atoms with Gasteiger partial charge in [0.25, 0.3) is 0 Å². The van der Waals surface area contributed by atoms with Crippen molar-refractivity contribution in [3.8, 4) is 0 Å². The summed E-state index contributed by atoms with van der Waals surface area (Å²) in [7, 11) is 0. The summed E-state index contributed by atoms with van der Waals surface area (Å²) in [5, 5.41) is 9.58. The van der Waals surface area contributed by atoms with Gasteiger partial charge < -0.3 is 9.32 Å². The van der Waals surface area contributed by atoms with Crippen molar-refractivity contribution in [1.82, 2.24) is 0 Å². The highest BCUT2D eigenvalue weighted by atomic mass is 32.1. The van der Waals surface area contributed by atoms with E-state index in [-0.39, 0.29) is 5.82 Å². The topological polar surface area (TPSA) is 16.4 Å². The molecule has 0 unspecified atom stereocenters. The third kappa shape index (κ3) is 3.42. The van der Waals surface area contributed by atoms with Crippen molar-refractivity contribution >= 4 is 92.1 Å². The standard InChI is InChI=1S/C38H22FNOS/c39-24-14-16-25(17-15-24)40(26-18-19-30-29-10-5-6-12-33(29)41-34(30)21-26)32-22-36-38(31-11-4-3-9-28(31)32)37-27-8-2-1-7-23(27)13-20-35(37)42-36/h1-22H. The predicted octanol–water partition coefficient (Wildman–Crippen LogP) is 11.9. The number of rotatable bonds is 3. The van der Waals surface area contributed by atoms with Crippen molar-refractivity contribution in [3.05, 3.63) is 139 Å². The molecule has 0 aliphatic heterocycles. The van der Waals surface area contributed by atoms with E-state index >= 15 is 0 Å². The Hall–Kier alpha value is -5.19. The van der Waals surface area contributed by atoms with Gasteiger partial charge in [-0.2, -0.15) is 0 Å². The van der Waals surface area contributed by atoms with Gasteiger partial charge in [-0.1, -0.05) is 72.8 Å². The van der Waals surface area contributed by atoms with Crippen LogP contribution in [-0.2, 0) is 0 Å². The Balaban J connectivity index is 1.37. The lowest BCUT2D eigenvalue weighted by Crippen LogP contribution is -2.10. The van der Waals surface area contributed by atoms with Crippen LogP contribution in [0.25, 0.3) is 63.7 Å². The van der Waals surface area contributed by atoms with Crippen molar-refractivity contribution in [1.29, 1.82) is 0 Å². The van der Waals surface area contributed by atoms with Crippen LogP contribution in [0.5, 0.6) is 0 Å². The molecule has 2 heterocycles. The SMILES string of the molecule is Fc1ccc(N(c2ccc3c(c2)oc2ccccc23)c2cc3sc4ccc5ccccc5c4c3c3ccccc23)cc1.